The molecular weight excluding hydrogens is 427 g/mol. The number of piperazine rings is 1. The summed E-state index contributed by atoms with van der Waals surface area (Å²) in [7, 11) is 2.18. The van der Waals surface area contributed by atoms with Gasteiger partial charge in [-0.15, -0.1) is 5.10 Å². The number of likely N-dealkylation sites (tertiary alicyclic amines) is 1. The number of anilines is 2. The van der Waals surface area contributed by atoms with Crippen LogP contribution < -0.4 is 10.2 Å². The number of nitrogens with one attached hydrogen (secondary N) is 1. The lowest BCUT2D eigenvalue weighted by Crippen LogP contribution is -2.52. The van der Waals surface area contributed by atoms with Gasteiger partial charge in [-0.05, 0) is 63.1 Å². The van der Waals surface area contributed by atoms with Crippen molar-refractivity contribution in [2.24, 2.45) is 0 Å². The summed E-state index contributed by atoms with van der Waals surface area (Å²) in [5, 5.41) is 13.8. The minimum atomic E-state index is -4.37. The van der Waals surface area contributed by atoms with Gasteiger partial charge in [-0.3, -0.25) is 0 Å². The Morgan fingerprint density at radius 3 is 2.42 bits per heavy atom. The van der Waals surface area contributed by atoms with Crippen molar-refractivity contribution in [3.8, 4) is 0 Å². The lowest BCUT2D eigenvalue weighted by Gasteiger charge is -2.41. The number of aryl methyl sites for hydroxylation is 1. The summed E-state index contributed by atoms with van der Waals surface area (Å²) in [6.07, 6.45) is -1.98. The van der Waals surface area contributed by atoms with Crippen molar-refractivity contribution in [2.45, 2.75) is 51.5 Å². The van der Waals surface area contributed by atoms with Crippen molar-refractivity contribution in [3.05, 3.63) is 58.8 Å². The Kier molecular flexibility index (Phi) is 5.43. The van der Waals surface area contributed by atoms with Crippen molar-refractivity contribution < 1.29 is 13.2 Å². The van der Waals surface area contributed by atoms with Crippen LogP contribution in [0.25, 0.3) is 10.8 Å². The highest BCUT2D eigenvalue weighted by atomic mass is 19.4. The first-order valence-electron chi connectivity index (χ1n) is 11.4. The third-order valence-corrected chi connectivity index (χ3v) is 7.11. The third-order valence-electron chi connectivity index (χ3n) is 7.11. The SMILES string of the molecule is Cc1c(CNc2nnc(C)c3ccc(N4C5CCC4CN(C)C5)cc23)cccc1C(F)(F)F. The molecule has 3 heterocycles. The van der Waals surface area contributed by atoms with Crippen LogP contribution in [0.3, 0.4) is 0 Å². The van der Waals surface area contributed by atoms with Gasteiger partial charge in [0, 0.05) is 48.2 Å². The van der Waals surface area contributed by atoms with Crippen LogP contribution in [0.1, 0.15) is 35.2 Å². The predicted octanol–water partition coefficient (Wildman–Crippen LogP) is 5.16. The van der Waals surface area contributed by atoms with Crippen molar-refractivity contribution >= 4 is 22.3 Å². The van der Waals surface area contributed by atoms with Crippen LogP contribution in [0.4, 0.5) is 24.7 Å². The molecule has 33 heavy (non-hydrogen) atoms. The van der Waals surface area contributed by atoms with E-state index in [9.17, 15) is 13.2 Å². The second-order valence-electron chi connectivity index (χ2n) is 9.32. The summed E-state index contributed by atoms with van der Waals surface area (Å²) in [6.45, 7) is 5.80. The summed E-state index contributed by atoms with van der Waals surface area (Å²) in [6, 6.07) is 11.7. The summed E-state index contributed by atoms with van der Waals surface area (Å²) in [5.41, 5.74) is 2.23. The zero-order valence-electron chi connectivity index (χ0n) is 19.1. The predicted molar refractivity (Wildman–Crippen MR) is 125 cm³/mol. The number of benzene rings is 2. The molecule has 0 spiro atoms. The lowest BCUT2D eigenvalue weighted by molar-refractivity contribution is -0.138. The number of hydrogen-bond acceptors (Lipinski definition) is 5. The van der Waals surface area contributed by atoms with Gasteiger partial charge in [0.25, 0.3) is 0 Å². The van der Waals surface area contributed by atoms with Gasteiger partial charge >= 0.3 is 6.18 Å². The van der Waals surface area contributed by atoms with Crippen molar-refractivity contribution in [2.75, 3.05) is 30.4 Å². The number of aromatic nitrogens is 2. The highest BCUT2D eigenvalue weighted by molar-refractivity contribution is 5.95. The fourth-order valence-corrected chi connectivity index (χ4v) is 5.46. The molecule has 2 atom stereocenters. The number of halogens is 3. The van der Waals surface area contributed by atoms with E-state index in [1.165, 1.54) is 31.5 Å². The number of hydrogen-bond donors (Lipinski definition) is 1. The number of fused-ring (bicyclic) bond motifs is 3. The van der Waals surface area contributed by atoms with Crippen molar-refractivity contribution in [1.29, 1.82) is 0 Å². The molecule has 5 nitrogen and oxygen atoms in total. The largest absolute Gasteiger partial charge is 0.416 e. The quantitative estimate of drug-likeness (QED) is 0.589. The van der Waals surface area contributed by atoms with Crippen LogP contribution in [-0.4, -0.2) is 47.3 Å². The van der Waals surface area contributed by atoms with Gasteiger partial charge in [0.1, 0.15) is 0 Å². The maximum absolute atomic E-state index is 13.3. The van der Waals surface area contributed by atoms with Crippen LogP contribution in [0, 0.1) is 13.8 Å². The van der Waals surface area contributed by atoms with E-state index in [4.69, 9.17) is 0 Å². The molecule has 8 heteroatoms. The Morgan fingerprint density at radius 1 is 1.00 bits per heavy atom. The Morgan fingerprint density at radius 2 is 1.73 bits per heavy atom. The molecule has 0 radical (unpaired) electrons. The fraction of sp³-hybridized carbons (Fsp3) is 0.440. The zero-order chi connectivity index (χ0) is 23.3. The summed E-state index contributed by atoms with van der Waals surface area (Å²) < 4.78 is 39.9. The fourth-order valence-electron chi connectivity index (χ4n) is 5.46. The Balaban J connectivity index is 1.47. The molecule has 5 rings (SSSR count). The second kappa shape index (κ2) is 8.17. The Labute approximate surface area is 191 Å². The van der Waals surface area contributed by atoms with E-state index in [0.29, 0.717) is 23.5 Å². The highest BCUT2D eigenvalue weighted by Gasteiger charge is 2.39. The topological polar surface area (TPSA) is 44.3 Å². The van der Waals surface area contributed by atoms with Gasteiger partial charge in [-0.25, -0.2) is 0 Å². The van der Waals surface area contributed by atoms with E-state index in [1.54, 1.807) is 6.07 Å². The number of rotatable bonds is 4. The summed E-state index contributed by atoms with van der Waals surface area (Å²) >= 11 is 0. The Hall–Kier alpha value is -2.87. The number of nitrogens with zero attached hydrogens (tertiary/aromatic N) is 4. The first-order chi connectivity index (χ1) is 15.7. The summed E-state index contributed by atoms with van der Waals surface area (Å²) in [4.78, 5) is 4.94. The molecule has 174 valence electrons. The van der Waals surface area contributed by atoms with E-state index in [1.807, 2.05) is 6.92 Å². The first-order valence-corrected chi connectivity index (χ1v) is 11.4. The maximum Gasteiger partial charge on any atom is 0.416 e. The molecular formula is C25H28F3N5. The third kappa shape index (κ3) is 4.01. The van der Waals surface area contributed by atoms with Gasteiger partial charge < -0.3 is 15.1 Å². The second-order valence-corrected chi connectivity index (χ2v) is 9.32. The molecule has 1 N–H and O–H groups in total. The first kappa shape index (κ1) is 21.9. The molecule has 2 aromatic carbocycles. The molecule has 0 saturated carbocycles. The van der Waals surface area contributed by atoms with E-state index in [2.05, 4.69) is 50.6 Å². The van der Waals surface area contributed by atoms with Gasteiger partial charge in [0.05, 0.1) is 11.3 Å². The van der Waals surface area contributed by atoms with Gasteiger partial charge in [0.2, 0.25) is 0 Å². The molecule has 0 aliphatic carbocycles. The normalized spacial score (nSPS) is 21.1. The molecule has 2 unspecified atom stereocenters. The molecule has 2 fully saturated rings. The molecule has 3 aromatic rings. The molecule has 2 saturated heterocycles. The van der Waals surface area contributed by atoms with Crippen molar-refractivity contribution in [3.63, 3.8) is 0 Å². The van der Waals surface area contributed by atoms with Gasteiger partial charge in [0.15, 0.2) is 5.82 Å². The Bertz CT molecular complexity index is 1180. The zero-order valence-corrected chi connectivity index (χ0v) is 19.1. The van der Waals surface area contributed by atoms with Crippen LogP contribution in [0.15, 0.2) is 36.4 Å². The molecule has 0 amide bonds. The van der Waals surface area contributed by atoms with E-state index < -0.39 is 11.7 Å². The number of alkyl halides is 3. The minimum Gasteiger partial charge on any atom is -0.364 e. The van der Waals surface area contributed by atoms with Gasteiger partial charge in [-0.1, -0.05) is 18.2 Å². The van der Waals surface area contributed by atoms with E-state index >= 15 is 0 Å². The average Bonchev–Trinajstić information content (AvgIpc) is 3.04. The molecule has 1 aromatic heterocycles. The van der Waals surface area contributed by atoms with E-state index in [0.717, 1.165) is 35.6 Å². The number of likely N-dealkylation sites (N-methyl/N-ethyl adjacent to an activating group) is 1. The van der Waals surface area contributed by atoms with Crippen molar-refractivity contribution in [1.82, 2.24) is 15.1 Å². The van der Waals surface area contributed by atoms with E-state index in [-0.39, 0.29) is 12.1 Å². The standard InChI is InChI=1S/C25H28F3N5/c1-15-17(5-4-6-23(15)25(26,27)28)12-29-24-22-11-18(9-10-21(22)16(2)30-31-24)33-19-7-8-20(33)14-32(3)13-19/h4-6,9-11,19-20H,7-8,12-14H2,1-3H3,(H,29,31). The van der Waals surface area contributed by atoms with Gasteiger partial charge in [-0.2, -0.15) is 18.3 Å². The smallest absolute Gasteiger partial charge is 0.364 e. The molecule has 2 bridgehead atoms. The van der Waals surface area contributed by atoms with Crippen LogP contribution >= 0.6 is 0 Å². The maximum atomic E-state index is 13.3. The van der Waals surface area contributed by atoms with Crippen LogP contribution in [-0.2, 0) is 12.7 Å². The average molecular weight is 456 g/mol. The minimum absolute atomic E-state index is 0.233. The lowest BCUT2D eigenvalue weighted by atomic mass is 10.0. The highest BCUT2D eigenvalue weighted by Crippen LogP contribution is 2.37. The van der Waals surface area contributed by atoms with Crippen LogP contribution in [0.5, 0.6) is 0 Å². The summed E-state index contributed by atoms with van der Waals surface area (Å²) in [5.74, 6) is 0.593. The monoisotopic (exact) mass is 455 g/mol. The molecule has 2 aliphatic rings. The van der Waals surface area contributed by atoms with Crippen LogP contribution in [0.2, 0.25) is 0 Å². The molecule has 2 aliphatic heterocycles.